The third kappa shape index (κ3) is 5.23. The van der Waals surface area contributed by atoms with Crippen LogP contribution in [0.25, 0.3) is 43.6 Å². The van der Waals surface area contributed by atoms with Crippen molar-refractivity contribution in [2.45, 2.75) is 81.6 Å². The normalized spacial score (nSPS) is 13.5. The van der Waals surface area contributed by atoms with Gasteiger partial charge >= 0.3 is 0 Å². The van der Waals surface area contributed by atoms with Gasteiger partial charge in [-0.3, -0.25) is 4.98 Å². The lowest BCUT2D eigenvalue weighted by Crippen LogP contribution is -2.31. The van der Waals surface area contributed by atoms with Crippen molar-refractivity contribution in [1.29, 1.82) is 0 Å². The first-order valence-electron chi connectivity index (χ1n) is 15.6. The Bertz CT molecular complexity index is 1900. The van der Waals surface area contributed by atoms with Crippen molar-refractivity contribution in [2.24, 2.45) is 16.2 Å². The molecule has 42 heavy (non-hydrogen) atoms. The lowest BCUT2D eigenvalue weighted by atomic mass is 9.76. The maximum absolute atomic E-state index is 7.05. The molecule has 0 saturated heterocycles. The number of rotatable bonds is 3. The third-order valence-corrected chi connectivity index (χ3v) is 8.54. The molecule has 0 radical (unpaired) electrons. The molecule has 4 heteroatoms. The standard InChI is InChI=1S/C38H45B2NO/c1-36(2,3)18-21-13-14-25-24(15-21)16-26-33-30-28(42-34(26)27(25)20-38(7,8)9)17-22-11-10-12-23(19-37(4,5)6)29(22)31(30)32(39)35(40)41-33/h10-17H,18-20,39-40H2,1-9H3. The van der Waals surface area contributed by atoms with Gasteiger partial charge in [0.2, 0.25) is 0 Å². The maximum atomic E-state index is 7.05. The minimum absolute atomic E-state index is 0.104. The summed E-state index contributed by atoms with van der Waals surface area (Å²) in [6.07, 6.45) is 2.99. The molecule has 0 bridgehead atoms. The van der Waals surface area contributed by atoms with E-state index in [-0.39, 0.29) is 16.2 Å². The quantitative estimate of drug-likeness (QED) is 0.166. The van der Waals surface area contributed by atoms with E-state index in [2.05, 4.69) is 127 Å². The highest BCUT2D eigenvalue weighted by atomic mass is 16.5. The van der Waals surface area contributed by atoms with Crippen LogP contribution in [-0.4, -0.2) is 20.7 Å². The van der Waals surface area contributed by atoms with E-state index < -0.39 is 0 Å². The molecule has 0 spiro atoms. The number of ether oxygens (including phenoxy) is 1. The number of benzene rings is 4. The molecule has 0 fully saturated rings. The molecule has 1 aromatic heterocycles. The van der Waals surface area contributed by atoms with Gasteiger partial charge in [0, 0.05) is 11.1 Å². The zero-order chi connectivity index (χ0) is 30.4. The number of aromatic nitrogens is 1. The molecular formula is C38H45B2NO. The van der Waals surface area contributed by atoms with Gasteiger partial charge in [0.05, 0.1) is 11.1 Å². The average molecular weight is 553 g/mol. The van der Waals surface area contributed by atoms with Crippen molar-refractivity contribution in [3.63, 3.8) is 0 Å². The van der Waals surface area contributed by atoms with Crippen LogP contribution in [0.4, 0.5) is 0 Å². The molecule has 6 rings (SSSR count). The fourth-order valence-corrected chi connectivity index (χ4v) is 6.94. The summed E-state index contributed by atoms with van der Waals surface area (Å²) in [6, 6.07) is 18.4. The second-order valence-electron chi connectivity index (χ2n) is 16.4. The molecule has 0 aliphatic carbocycles. The van der Waals surface area contributed by atoms with Crippen molar-refractivity contribution in [3.05, 3.63) is 65.2 Å². The summed E-state index contributed by atoms with van der Waals surface area (Å²) in [4.78, 5) is 5.33. The first-order valence-corrected chi connectivity index (χ1v) is 15.6. The van der Waals surface area contributed by atoms with Crippen LogP contribution in [0, 0.1) is 16.2 Å². The second-order valence-corrected chi connectivity index (χ2v) is 16.4. The van der Waals surface area contributed by atoms with E-state index in [4.69, 9.17) is 9.72 Å². The van der Waals surface area contributed by atoms with E-state index >= 15 is 0 Å². The summed E-state index contributed by atoms with van der Waals surface area (Å²) >= 11 is 0. The Balaban J connectivity index is 1.72. The maximum Gasteiger partial charge on any atom is 0.163 e. The number of nitrogens with zero attached hydrogens (tertiary/aromatic N) is 1. The minimum Gasteiger partial charge on any atom is -0.456 e. The molecule has 0 unspecified atom stereocenters. The van der Waals surface area contributed by atoms with Gasteiger partial charge in [-0.1, -0.05) is 104 Å². The van der Waals surface area contributed by atoms with Crippen LogP contribution < -0.4 is 15.8 Å². The molecule has 0 amide bonds. The van der Waals surface area contributed by atoms with E-state index in [0.29, 0.717) is 0 Å². The summed E-state index contributed by atoms with van der Waals surface area (Å²) < 4.78 is 7.05. The summed E-state index contributed by atoms with van der Waals surface area (Å²) in [5.41, 5.74) is 9.12. The molecule has 2 heterocycles. The van der Waals surface area contributed by atoms with E-state index in [0.717, 1.165) is 53.0 Å². The largest absolute Gasteiger partial charge is 0.456 e. The van der Waals surface area contributed by atoms with Crippen LogP contribution in [0.1, 0.15) is 79.0 Å². The van der Waals surface area contributed by atoms with Crippen LogP contribution in [0.5, 0.6) is 11.5 Å². The molecule has 0 saturated carbocycles. The van der Waals surface area contributed by atoms with Crippen LogP contribution >= 0.6 is 0 Å². The lowest BCUT2D eigenvalue weighted by Gasteiger charge is -2.29. The van der Waals surface area contributed by atoms with Crippen molar-refractivity contribution >= 4 is 59.1 Å². The topological polar surface area (TPSA) is 22.1 Å². The minimum atomic E-state index is 0.104. The first kappa shape index (κ1) is 28.8. The Morgan fingerprint density at radius 2 is 1.38 bits per heavy atom. The zero-order valence-electron chi connectivity index (χ0n) is 27.6. The van der Waals surface area contributed by atoms with Crippen molar-refractivity contribution in [3.8, 4) is 22.8 Å². The van der Waals surface area contributed by atoms with Gasteiger partial charge in [0.1, 0.15) is 19.3 Å². The lowest BCUT2D eigenvalue weighted by molar-refractivity contribution is 0.400. The predicted molar refractivity (Wildman–Crippen MR) is 188 cm³/mol. The fraction of sp³-hybridized carbons (Fsp3) is 0.395. The second kappa shape index (κ2) is 9.63. The molecular weight excluding hydrogens is 508 g/mol. The highest BCUT2D eigenvalue weighted by Gasteiger charge is 2.30. The van der Waals surface area contributed by atoms with Crippen molar-refractivity contribution in [2.75, 3.05) is 0 Å². The molecule has 0 N–H and O–H groups in total. The molecule has 5 aromatic rings. The van der Waals surface area contributed by atoms with Crippen LogP contribution in [0.2, 0.25) is 0 Å². The highest BCUT2D eigenvalue weighted by Crippen LogP contribution is 2.51. The number of hydrogen-bond donors (Lipinski definition) is 0. The fourth-order valence-electron chi connectivity index (χ4n) is 6.94. The first-order chi connectivity index (χ1) is 19.5. The van der Waals surface area contributed by atoms with Gasteiger partial charge in [0.15, 0.2) is 7.85 Å². The summed E-state index contributed by atoms with van der Waals surface area (Å²) in [7, 11) is 4.40. The van der Waals surface area contributed by atoms with Gasteiger partial charge in [0.25, 0.3) is 0 Å². The molecule has 2 nitrogen and oxygen atoms in total. The van der Waals surface area contributed by atoms with Crippen molar-refractivity contribution < 1.29 is 4.74 Å². The van der Waals surface area contributed by atoms with Gasteiger partial charge < -0.3 is 4.74 Å². The molecule has 214 valence electrons. The Kier molecular flexibility index (Phi) is 6.61. The van der Waals surface area contributed by atoms with E-state index in [9.17, 15) is 0 Å². The van der Waals surface area contributed by atoms with E-state index in [1.165, 1.54) is 49.1 Å². The van der Waals surface area contributed by atoms with Crippen LogP contribution in [0.3, 0.4) is 0 Å². The molecule has 4 aromatic carbocycles. The molecule has 1 aliphatic rings. The van der Waals surface area contributed by atoms with Gasteiger partial charge in [-0.05, 0) is 91.3 Å². The van der Waals surface area contributed by atoms with Gasteiger partial charge in [-0.2, -0.15) is 0 Å². The number of pyridine rings is 1. The van der Waals surface area contributed by atoms with E-state index in [1.54, 1.807) is 0 Å². The Morgan fingerprint density at radius 3 is 2.05 bits per heavy atom. The Labute approximate surface area is 254 Å². The average Bonchev–Trinajstić information content (AvgIpc) is 2.84. The van der Waals surface area contributed by atoms with Crippen LogP contribution in [0.15, 0.2) is 48.5 Å². The SMILES string of the molecule is Bc1nc2c3c(cc4cccc(CC(C)(C)C)c4c3c1B)Oc1c-2cc2cc(CC(C)(C)C)ccc2c1CC(C)(C)C. The van der Waals surface area contributed by atoms with Crippen LogP contribution in [-0.2, 0) is 19.3 Å². The molecule has 0 atom stereocenters. The Hall–Kier alpha value is -3.26. The zero-order valence-corrected chi connectivity index (χ0v) is 27.6. The number of hydrogen-bond acceptors (Lipinski definition) is 2. The van der Waals surface area contributed by atoms with Crippen molar-refractivity contribution in [1.82, 2.24) is 4.98 Å². The smallest absolute Gasteiger partial charge is 0.163 e. The van der Waals surface area contributed by atoms with Gasteiger partial charge in [-0.25, -0.2) is 0 Å². The summed E-state index contributed by atoms with van der Waals surface area (Å²) in [6.45, 7) is 20.9. The van der Waals surface area contributed by atoms with E-state index in [1.807, 2.05) is 0 Å². The summed E-state index contributed by atoms with van der Waals surface area (Å²) in [5.74, 6) is 1.91. The predicted octanol–water partition coefficient (Wildman–Crippen LogP) is 7.60. The van der Waals surface area contributed by atoms with Gasteiger partial charge in [-0.15, -0.1) is 0 Å². The highest BCUT2D eigenvalue weighted by molar-refractivity contribution is 6.54. The summed E-state index contributed by atoms with van der Waals surface area (Å²) in [5, 5.41) is 7.63. The monoisotopic (exact) mass is 553 g/mol. The number of fused-ring (bicyclic) bond motifs is 5. The third-order valence-electron chi connectivity index (χ3n) is 8.54. The molecule has 1 aliphatic heterocycles. The Morgan fingerprint density at radius 1 is 0.690 bits per heavy atom.